The van der Waals surface area contributed by atoms with E-state index in [1.54, 1.807) is 42.5 Å². The molecule has 0 saturated carbocycles. The molecule has 0 atom stereocenters. The van der Waals surface area contributed by atoms with Gasteiger partial charge in [-0.15, -0.1) is 0 Å². The predicted octanol–water partition coefficient (Wildman–Crippen LogP) is 1.73. The summed E-state index contributed by atoms with van der Waals surface area (Å²) in [6, 6.07) is 11.7. The highest BCUT2D eigenvalue weighted by Gasteiger charge is 2.20. The molecule has 2 aromatic rings. The Balaban J connectivity index is 1.64. The van der Waals surface area contributed by atoms with Gasteiger partial charge in [0.25, 0.3) is 5.91 Å². The summed E-state index contributed by atoms with van der Waals surface area (Å²) in [6.45, 7) is 2.11. The fourth-order valence-electron chi connectivity index (χ4n) is 2.61. The average Bonchev–Trinajstić information content (AvgIpc) is 3.14. The van der Waals surface area contributed by atoms with Gasteiger partial charge in [0.1, 0.15) is 12.3 Å². The SMILES string of the molecule is CCOc1ccc(N(CC(=O)NN=Cc2ccc3c(c2)OCO3)S(C)(=O)=O)cc1. The number of nitrogens with zero attached hydrogens (tertiary/aromatic N) is 2. The molecule has 154 valence electrons. The Bertz CT molecular complexity index is 1010. The molecule has 0 saturated heterocycles. The lowest BCUT2D eigenvalue weighted by atomic mass is 10.2. The number of hydrogen-bond acceptors (Lipinski definition) is 7. The van der Waals surface area contributed by atoms with Crippen LogP contribution < -0.4 is 23.9 Å². The monoisotopic (exact) mass is 419 g/mol. The number of anilines is 1. The van der Waals surface area contributed by atoms with E-state index in [0.29, 0.717) is 35.1 Å². The Kier molecular flexibility index (Phi) is 6.23. The molecular formula is C19H21N3O6S. The molecule has 1 aliphatic rings. The summed E-state index contributed by atoms with van der Waals surface area (Å²) in [5, 5.41) is 3.87. The van der Waals surface area contributed by atoms with Gasteiger partial charge in [-0.05, 0) is 55.0 Å². The topological polar surface area (TPSA) is 107 Å². The lowest BCUT2D eigenvalue weighted by Gasteiger charge is -2.21. The zero-order chi connectivity index (χ0) is 20.9. The van der Waals surface area contributed by atoms with E-state index in [9.17, 15) is 13.2 Å². The van der Waals surface area contributed by atoms with Crippen molar-refractivity contribution in [3.63, 3.8) is 0 Å². The third-order valence-corrected chi connectivity index (χ3v) is 5.06. The summed E-state index contributed by atoms with van der Waals surface area (Å²) in [5.74, 6) is 1.27. The standard InChI is InChI=1S/C19H21N3O6S/c1-3-26-16-7-5-15(6-8-16)22(29(2,24)25)12-19(23)21-20-11-14-4-9-17-18(10-14)28-13-27-17/h4-11H,3,12-13H2,1-2H3,(H,21,23). The van der Waals surface area contributed by atoms with Crippen LogP contribution in [0.1, 0.15) is 12.5 Å². The third kappa shape index (κ3) is 5.38. The van der Waals surface area contributed by atoms with Crippen LogP contribution in [0.4, 0.5) is 5.69 Å². The van der Waals surface area contributed by atoms with E-state index in [4.69, 9.17) is 14.2 Å². The third-order valence-electron chi connectivity index (χ3n) is 3.92. The molecule has 0 spiro atoms. The van der Waals surface area contributed by atoms with E-state index in [2.05, 4.69) is 10.5 Å². The molecule has 29 heavy (non-hydrogen) atoms. The van der Waals surface area contributed by atoms with E-state index < -0.39 is 22.5 Å². The summed E-state index contributed by atoms with van der Waals surface area (Å²) < 4.78 is 41.1. The maximum Gasteiger partial charge on any atom is 0.260 e. The number of amides is 1. The van der Waals surface area contributed by atoms with Gasteiger partial charge >= 0.3 is 0 Å². The predicted molar refractivity (Wildman–Crippen MR) is 108 cm³/mol. The van der Waals surface area contributed by atoms with Crippen molar-refractivity contribution in [2.24, 2.45) is 5.10 Å². The molecule has 2 aromatic carbocycles. The smallest absolute Gasteiger partial charge is 0.260 e. The van der Waals surface area contributed by atoms with Crippen molar-refractivity contribution in [2.75, 3.05) is 30.5 Å². The van der Waals surface area contributed by atoms with Gasteiger partial charge in [-0.25, -0.2) is 13.8 Å². The van der Waals surface area contributed by atoms with Gasteiger partial charge in [0.05, 0.1) is 24.8 Å². The second-order valence-electron chi connectivity index (χ2n) is 6.10. The molecule has 3 rings (SSSR count). The van der Waals surface area contributed by atoms with E-state index in [1.165, 1.54) is 6.21 Å². The Morgan fingerprint density at radius 2 is 1.93 bits per heavy atom. The van der Waals surface area contributed by atoms with Crippen molar-refractivity contribution >= 4 is 27.8 Å². The quantitative estimate of drug-likeness (QED) is 0.516. The number of fused-ring (bicyclic) bond motifs is 1. The van der Waals surface area contributed by atoms with Crippen LogP contribution in [0.2, 0.25) is 0 Å². The Morgan fingerprint density at radius 3 is 2.62 bits per heavy atom. The van der Waals surface area contributed by atoms with Crippen LogP contribution in [0.15, 0.2) is 47.6 Å². The first-order chi connectivity index (χ1) is 13.9. The minimum absolute atomic E-state index is 0.166. The highest BCUT2D eigenvalue weighted by Crippen LogP contribution is 2.31. The Labute approximate surface area is 168 Å². The van der Waals surface area contributed by atoms with E-state index in [0.717, 1.165) is 10.6 Å². The van der Waals surface area contributed by atoms with Gasteiger partial charge in [-0.2, -0.15) is 5.10 Å². The lowest BCUT2D eigenvalue weighted by Crippen LogP contribution is -2.39. The molecule has 0 fully saturated rings. The van der Waals surface area contributed by atoms with Crippen LogP contribution in [0.25, 0.3) is 0 Å². The first-order valence-electron chi connectivity index (χ1n) is 8.79. The molecule has 0 aliphatic carbocycles. The maximum atomic E-state index is 12.2. The van der Waals surface area contributed by atoms with Crippen LogP contribution >= 0.6 is 0 Å². The van der Waals surface area contributed by atoms with Crippen LogP contribution in [-0.2, 0) is 14.8 Å². The van der Waals surface area contributed by atoms with Crippen molar-refractivity contribution in [2.45, 2.75) is 6.92 Å². The van der Waals surface area contributed by atoms with E-state index in [-0.39, 0.29) is 6.79 Å². The number of rotatable bonds is 8. The second kappa shape index (κ2) is 8.82. The number of sulfonamides is 1. The van der Waals surface area contributed by atoms with Crippen LogP contribution in [0, 0.1) is 0 Å². The van der Waals surface area contributed by atoms with Crippen molar-refractivity contribution in [1.82, 2.24) is 5.43 Å². The molecule has 0 aromatic heterocycles. The molecular weight excluding hydrogens is 398 g/mol. The summed E-state index contributed by atoms with van der Waals surface area (Å²) >= 11 is 0. The Morgan fingerprint density at radius 1 is 1.21 bits per heavy atom. The largest absolute Gasteiger partial charge is 0.494 e. The van der Waals surface area contributed by atoms with Gasteiger partial charge in [0.2, 0.25) is 16.8 Å². The number of carbonyl (C=O) groups is 1. The first kappa shape index (κ1) is 20.5. The van der Waals surface area contributed by atoms with Crippen LogP contribution in [0.3, 0.4) is 0 Å². The molecule has 0 bridgehead atoms. The fraction of sp³-hybridized carbons (Fsp3) is 0.263. The second-order valence-corrected chi connectivity index (χ2v) is 8.01. The summed E-state index contributed by atoms with van der Waals surface area (Å²) in [6.07, 6.45) is 2.47. The molecule has 10 heteroatoms. The van der Waals surface area contributed by atoms with Gasteiger partial charge in [-0.3, -0.25) is 9.10 Å². The number of benzene rings is 2. The zero-order valence-corrected chi connectivity index (χ0v) is 16.8. The summed E-state index contributed by atoms with van der Waals surface area (Å²) in [5.41, 5.74) is 3.38. The van der Waals surface area contributed by atoms with E-state index in [1.807, 2.05) is 6.92 Å². The molecule has 9 nitrogen and oxygen atoms in total. The van der Waals surface area contributed by atoms with Crippen molar-refractivity contribution in [3.8, 4) is 17.2 Å². The van der Waals surface area contributed by atoms with E-state index >= 15 is 0 Å². The fourth-order valence-corrected chi connectivity index (χ4v) is 3.47. The number of hydrazone groups is 1. The van der Waals surface area contributed by atoms with Gasteiger partial charge in [0.15, 0.2) is 11.5 Å². The minimum atomic E-state index is -3.67. The van der Waals surface area contributed by atoms with Crippen LogP contribution in [-0.4, -0.2) is 46.7 Å². The number of carbonyl (C=O) groups excluding carboxylic acids is 1. The highest BCUT2D eigenvalue weighted by atomic mass is 32.2. The first-order valence-corrected chi connectivity index (χ1v) is 10.6. The van der Waals surface area contributed by atoms with Gasteiger partial charge < -0.3 is 14.2 Å². The van der Waals surface area contributed by atoms with Gasteiger partial charge in [0, 0.05) is 0 Å². The number of ether oxygens (including phenoxy) is 3. The van der Waals surface area contributed by atoms with Gasteiger partial charge in [-0.1, -0.05) is 0 Å². The molecule has 1 aliphatic heterocycles. The van der Waals surface area contributed by atoms with Crippen molar-refractivity contribution in [3.05, 3.63) is 48.0 Å². The summed E-state index contributed by atoms with van der Waals surface area (Å²) in [7, 11) is -3.67. The minimum Gasteiger partial charge on any atom is -0.494 e. The van der Waals surface area contributed by atoms with Crippen molar-refractivity contribution < 1.29 is 27.4 Å². The highest BCUT2D eigenvalue weighted by molar-refractivity contribution is 7.92. The number of nitrogens with one attached hydrogen (secondary N) is 1. The van der Waals surface area contributed by atoms with Crippen molar-refractivity contribution in [1.29, 1.82) is 0 Å². The molecule has 0 unspecified atom stereocenters. The average molecular weight is 419 g/mol. The molecule has 1 N–H and O–H groups in total. The van der Waals surface area contributed by atoms with Crippen LogP contribution in [0.5, 0.6) is 17.2 Å². The molecule has 0 radical (unpaired) electrons. The lowest BCUT2D eigenvalue weighted by molar-refractivity contribution is -0.119. The maximum absolute atomic E-state index is 12.2. The zero-order valence-electron chi connectivity index (χ0n) is 16.0. The molecule has 1 heterocycles. The normalized spacial score (nSPS) is 12.8. The number of hydrogen-bond donors (Lipinski definition) is 1. The summed E-state index contributed by atoms with van der Waals surface area (Å²) in [4.78, 5) is 12.2. The Hall–Kier alpha value is -3.27. The molecule has 1 amide bonds.